The number of β-amino-alcohol motifs (C(OH)–C–C–N with tert-alkyl or cyclic N) is 1. The second kappa shape index (κ2) is 10.1. The van der Waals surface area contributed by atoms with Crippen LogP contribution in [-0.2, 0) is 0 Å². The molecule has 1 saturated heterocycles. The Morgan fingerprint density at radius 3 is 2.27 bits per heavy atom. The van der Waals surface area contributed by atoms with Gasteiger partial charge in [0.25, 0.3) is 0 Å². The summed E-state index contributed by atoms with van der Waals surface area (Å²) in [7, 11) is 0. The average molecular weight is 611 g/mol. The van der Waals surface area contributed by atoms with Crippen LogP contribution in [0.5, 0.6) is 0 Å². The minimum absolute atomic E-state index is 0.0276. The molecule has 2 bridgehead atoms. The zero-order valence-corrected chi connectivity index (χ0v) is 26.7. The van der Waals surface area contributed by atoms with E-state index in [1.807, 2.05) is 42.5 Å². The number of rotatable bonds is 5. The summed E-state index contributed by atoms with van der Waals surface area (Å²) in [5, 5.41) is 23.7. The van der Waals surface area contributed by atoms with E-state index in [9.17, 15) is 19.4 Å². The Balaban J connectivity index is 1.12. The highest BCUT2D eigenvalue weighted by atomic mass is 19.1. The maximum Gasteiger partial charge on any atom is 0.189 e. The Morgan fingerprint density at radius 2 is 1.53 bits per heavy atom. The molecule has 0 radical (unpaired) electrons. The van der Waals surface area contributed by atoms with Gasteiger partial charge in [-0.15, -0.1) is 0 Å². The van der Waals surface area contributed by atoms with Crippen LogP contribution in [-0.4, -0.2) is 65.3 Å². The van der Waals surface area contributed by atoms with Gasteiger partial charge in [-0.3, -0.25) is 9.69 Å². The SMILES string of the molecule is C[C@]12CC[C@H]3[C@]4(C=C[C@@]5(C=C4C(=O)c4ccccc4)CC(O)CC[C@]35C)[C@@H]1CC[C@@]2(O)CN1CCN(c2ccc(F)cc2)CC1. The van der Waals surface area contributed by atoms with Crippen molar-refractivity contribution in [3.63, 3.8) is 0 Å². The molecule has 0 amide bonds. The van der Waals surface area contributed by atoms with Gasteiger partial charge in [0.15, 0.2) is 5.78 Å². The van der Waals surface area contributed by atoms with E-state index >= 15 is 0 Å². The lowest BCUT2D eigenvalue weighted by Crippen LogP contribution is -2.67. The smallest absolute Gasteiger partial charge is 0.189 e. The number of ketones is 1. The molecule has 1 unspecified atom stereocenters. The largest absolute Gasteiger partial charge is 0.393 e. The molecule has 2 aromatic rings. The fourth-order valence-corrected chi connectivity index (χ4v) is 11.5. The van der Waals surface area contributed by atoms with Crippen LogP contribution in [0, 0.1) is 39.3 Å². The molecule has 238 valence electrons. The number of aliphatic hydroxyl groups is 2. The molecule has 4 fully saturated rings. The molecule has 2 N–H and O–H groups in total. The fraction of sp³-hybridized carbons (Fsp3) is 0.564. The highest BCUT2D eigenvalue weighted by molar-refractivity contribution is 6.10. The summed E-state index contributed by atoms with van der Waals surface area (Å²) < 4.78 is 13.5. The molecule has 2 spiro atoms. The van der Waals surface area contributed by atoms with Gasteiger partial charge >= 0.3 is 0 Å². The number of aliphatic hydroxyl groups excluding tert-OH is 1. The third kappa shape index (κ3) is 4.04. The number of halogens is 1. The van der Waals surface area contributed by atoms with Gasteiger partial charge in [0, 0.05) is 65.8 Å². The van der Waals surface area contributed by atoms with Crippen LogP contribution in [0.2, 0.25) is 0 Å². The number of hydrogen-bond acceptors (Lipinski definition) is 5. The van der Waals surface area contributed by atoms with E-state index in [4.69, 9.17) is 0 Å². The highest BCUT2D eigenvalue weighted by Crippen LogP contribution is 2.78. The number of hydrogen-bond donors (Lipinski definition) is 2. The summed E-state index contributed by atoms with van der Waals surface area (Å²) in [6, 6.07) is 16.5. The number of carbonyl (C=O) groups excluding carboxylic acids is 1. The number of Topliss-reactive ketones (excluding diaryl/α,β-unsaturated/α-hetero) is 1. The first-order valence-corrected chi connectivity index (χ1v) is 17.2. The Morgan fingerprint density at radius 1 is 0.867 bits per heavy atom. The maximum absolute atomic E-state index is 14.6. The summed E-state index contributed by atoms with van der Waals surface area (Å²) in [5.74, 6) is 0.358. The molecule has 0 aromatic heterocycles. The Bertz CT molecular complexity index is 1550. The third-order valence-electron chi connectivity index (χ3n) is 14.0. The van der Waals surface area contributed by atoms with Crippen molar-refractivity contribution in [3.8, 4) is 0 Å². The first-order chi connectivity index (χ1) is 21.5. The lowest BCUT2D eigenvalue weighted by Gasteiger charge is -2.71. The van der Waals surface area contributed by atoms with Crippen molar-refractivity contribution in [2.75, 3.05) is 37.6 Å². The van der Waals surface area contributed by atoms with E-state index in [-0.39, 0.29) is 39.9 Å². The summed E-state index contributed by atoms with van der Waals surface area (Å²) in [4.78, 5) is 19.3. The molecule has 3 saturated carbocycles. The molecule has 2 aromatic carbocycles. The van der Waals surface area contributed by atoms with Crippen molar-refractivity contribution < 1.29 is 19.4 Å². The molecule has 8 atom stereocenters. The summed E-state index contributed by atoms with van der Waals surface area (Å²) in [5.41, 5.74) is 0.741. The number of benzene rings is 2. The van der Waals surface area contributed by atoms with Crippen LogP contribution >= 0.6 is 0 Å². The molecule has 9 rings (SSSR count). The fourth-order valence-electron chi connectivity index (χ4n) is 11.5. The first-order valence-electron chi connectivity index (χ1n) is 17.2. The minimum atomic E-state index is -0.847. The van der Waals surface area contributed by atoms with E-state index in [2.05, 4.69) is 41.9 Å². The first kappa shape index (κ1) is 29.6. The molecule has 45 heavy (non-hydrogen) atoms. The van der Waals surface area contributed by atoms with Gasteiger partial charge < -0.3 is 15.1 Å². The van der Waals surface area contributed by atoms with Crippen molar-refractivity contribution in [2.24, 2.45) is 33.5 Å². The highest BCUT2D eigenvalue weighted by Gasteiger charge is 2.74. The lowest BCUT2D eigenvalue weighted by atomic mass is 9.32. The monoisotopic (exact) mass is 610 g/mol. The third-order valence-corrected chi connectivity index (χ3v) is 14.0. The second-order valence-electron chi connectivity index (χ2n) is 15.7. The van der Waals surface area contributed by atoms with E-state index in [1.54, 1.807) is 0 Å². The van der Waals surface area contributed by atoms with Gasteiger partial charge in [0.2, 0.25) is 0 Å². The van der Waals surface area contributed by atoms with Gasteiger partial charge in [-0.05, 0) is 86.5 Å². The Hall–Kier alpha value is -2.80. The lowest BCUT2D eigenvalue weighted by molar-refractivity contribution is -0.176. The zero-order valence-electron chi connectivity index (χ0n) is 26.7. The van der Waals surface area contributed by atoms with Gasteiger partial charge in [0.1, 0.15) is 5.82 Å². The molecule has 1 heterocycles. The molecule has 6 heteroatoms. The van der Waals surface area contributed by atoms with Crippen LogP contribution < -0.4 is 4.90 Å². The zero-order chi connectivity index (χ0) is 31.2. The number of fused-ring (bicyclic) bond motifs is 1. The number of allylic oxidation sites excluding steroid dienone is 4. The van der Waals surface area contributed by atoms with Gasteiger partial charge in [0.05, 0.1) is 11.7 Å². The topological polar surface area (TPSA) is 64.0 Å². The summed E-state index contributed by atoms with van der Waals surface area (Å²) in [6.07, 6.45) is 12.7. The number of anilines is 1. The maximum atomic E-state index is 14.6. The summed E-state index contributed by atoms with van der Waals surface area (Å²) >= 11 is 0. The van der Waals surface area contributed by atoms with E-state index in [1.165, 1.54) is 12.1 Å². The summed E-state index contributed by atoms with van der Waals surface area (Å²) in [6.45, 7) is 8.81. The normalized spacial score (nSPS) is 42.1. The molecule has 5 nitrogen and oxygen atoms in total. The average Bonchev–Trinajstić information content (AvgIpc) is 3.31. The molecule has 7 aliphatic rings. The standard InChI is InChI=1S/C39H47FN2O3/c1-35-15-12-30(43)24-37(35)18-19-39(31(25-37)34(44)27-6-4-3-5-7-27)32(35)13-16-36(2)33(39)14-17-38(36,45)26-41-20-22-42(23-21-41)29-10-8-28(40)9-11-29/h3-11,18-19,25,30,32-33,43,45H,12-17,20-24,26H2,1-2H3/t30?,32-,33-,35-,36+,37+,38-,39-/m1/s1. The molecular weight excluding hydrogens is 563 g/mol. The van der Waals surface area contributed by atoms with E-state index < -0.39 is 11.0 Å². The quantitative estimate of drug-likeness (QED) is 0.302. The molecule has 6 aliphatic carbocycles. The van der Waals surface area contributed by atoms with Crippen LogP contribution in [0.3, 0.4) is 0 Å². The number of carbonyl (C=O) groups is 1. The Kier molecular flexibility index (Phi) is 6.64. The number of nitrogens with zero attached hydrogens (tertiary/aromatic N) is 2. The van der Waals surface area contributed by atoms with Crippen LogP contribution in [0.15, 0.2) is 78.4 Å². The molecular formula is C39H47FN2O3. The predicted molar refractivity (Wildman–Crippen MR) is 174 cm³/mol. The van der Waals surface area contributed by atoms with Crippen molar-refractivity contribution in [2.45, 2.75) is 70.5 Å². The van der Waals surface area contributed by atoms with Gasteiger partial charge in [-0.1, -0.05) is 62.4 Å². The van der Waals surface area contributed by atoms with Crippen molar-refractivity contribution in [1.82, 2.24) is 4.90 Å². The van der Waals surface area contributed by atoms with Crippen LogP contribution in [0.4, 0.5) is 10.1 Å². The molecule has 1 aliphatic heterocycles. The van der Waals surface area contributed by atoms with Crippen molar-refractivity contribution in [3.05, 3.63) is 89.8 Å². The van der Waals surface area contributed by atoms with Gasteiger partial charge in [-0.2, -0.15) is 0 Å². The van der Waals surface area contributed by atoms with Crippen molar-refractivity contribution >= 4 is 11.5 Å². The van der Waals surface area contributed by atoms with Crippen LogP contribution in [0.25, 0.3) is 0 Å². The van der Waals surface area contributed by atoms with Gasteiger partial charge in [-0.25, -0.2) is 4.39 Å². The number of piperazine rings is 1. The Labute approximate surface area is 266 Å². The second-order valence-corrected chi connectivity index (χ2v) is 15.7. The minimum Gasteiger partial charge on any atom is -0.393 e. The van der Waals surface area contributed by atoms with Crippen LogP contribution in [0.1, 0.15) is 69.2 Å². The van der Waals surface area contributed by atoms with E-state index in [0.717, 1.165) is 81.5 Å². The van der Waals surface area contributed by atoms with E-state index in [0.29, 0.717) is 18.9 Å². The predicted octanol–water partition coefficient (Wildman–Crippen LogP) is 6.42. The van der Waals surface area contributed by atoms with Crippen molar-refractivity contribution in [1.29, 1.82) is 0 Å².